The van der Waals surface area contributed by atoms with E-state index in [2.05, 4.69) is 20.6 Å². The van der Waals surface area contributed by atoms with Crippen LogP contribution in [0.2, 0.25) is 5.02 Å². The fraction of sp³-hybridized carbons (Fsp3) is 0.0400. The van der Waals surface area contributed by atoms with E-state index >= 15 is 0 Å². The van der Waals surface area contributed by atoms with E-state index in [0.29, 0.717) is 23.7 Å². The van der Waals surface area contributed by atoms with E-state index in [1.807, 2.05) is 36.4 Å². The zero-order valence-corrected chi connectivity index (χ0v) is 18.4. The summed E-state index contributed by atoms with van der Waals surface area (Å²) < 4.78 is 13.8. The second kappa shape index (κ2) is 8.92. The van der Waals surface area contributed by atoms with Crippen LogP contribution in [-0.2, 0) is 6.54 Å². The second-order valence-corrected chi connectivity index (χ2v) is 7.94. The summed E-state index contributed by atoms with van der Waals surface area (Å²) in [6, 6.07) is 18.5. The number of aromatic nitrogens is 2. The molecule has 0 saturated carbocycles. The molecule has 9 heteroatoms. The van der Waals surface area contributed by atoms with Gasteiger partial charge in [0.05, 0.1) is 34.1 Å². The summed E-state index contributed by atoms with van der Waals surface area (Å²) in [7, 11) is 0. The summed E-state index contributed by atoms with van der Waals surface area (Å²) in [5.41, 5.74) is 2.67. The lowest BCUT2D eigenvalue weighted by molar-refractivity contribution is 0.0984. The molecule has 0 atom stereocenters. The molecule has 34 heavy (non-hydrogen) atoms. The minimum absolute atomic E-state index is 0.149. The molecule has 0 radical (unpaired) electrons. The van der Waals surface area contributed by atoms with E-state index in [1.165, 1.54) is 30.5 Å². The fourth-order valence-electron chi connectivity index (χ4n) is 3.72. The van der Waals surface area contributed by atoms with Crippen molar-refractivity contribution >= 4 is 46.3 Å². The van der Waals surface area contributed by atoms with Crippen molar-refractivity contribution in [3.8, 4) is 0 Å². The number of fused-ring (bicyclic) bond motifs is 2. The molecule has 0 unspecified atom stereocenters. The number of nitrogens with one attached hydrogen (secondary N) is 2. The van der Waals surface area contributed by atoms with Gasteiger partial charge in [0.1, 0.15) is 5.82 Å². The van der Waals surface area contributed by atoms with Crippen molar-refractivity contribution in [2.45, 2.75) is 6.54 Å². The Morgan fingerprint density at radius 3 is 2.59 bits per heavy atom. The lowest BCUT2D eigenvalue weighted by Crippen LogP contribution is -2.30. The number of amides is 2. The van der Waals surface area contributed by atoms with E-state index in [1.54, 1.807) is 17.2 Å². The molecular formula is C25H17ClFN5O2. The highest BCUT2D eigenvalue weighted by molar-refractivity contribution is 6.35. The highest BCUT2D eigenvalue weighted by Crippen LogP contribution is 2.36. The summed E-state index contributed by atoms with van der Waals surface area (Å²) >= 11 is 6.46. The number of carbonyl (C=O) groups is 2. The monoisotopic (exact) mass is 473 g/mol. The number of halogens is 2. The number of hydrogen-bond acceptors (Lipinski definition) is 5. The molecular weight excluding hydrogens is 457 g/mol. The molecule has 0 aliphatic carbocycles. The Kier molecular flexibility index (Phi) is 5.65. The normalized spacial score (nSPS) is 12.1. The van der Waals surface area contributed by atoms with Gasteiger partial charge in [0.15, 0.2) is 0 Å². The van der Waals surface area contributed by atoms with Gasteiger partial charge in [0, 0.05) is 23.6 Å². The van der Waals surface area contributed by atoms with Crippen LogP contribution < -0.4 is 15.5 Å². The number of rotatable bonds is 3. The van der Waals surface area contributed by atoms with E-state index in [4.69, 9.17) is 11.6 Å². The molecule has 0 spiro atoms. The lowest BCUT2D eigenvalue weighted by atomic mass is 10.1. The Morgan fingerprint density at radius 2 is 1.76 bits per heavy atom. The van der Waals surface area contributed by atoms with E-state index in [-0.39, 0.29) is 22.1 Å². The smallest absolute Gasteiger partial charge is 0.260 e. The molecule has 2 N–H and O–H groups in total. The lowest BCUT2D eigenvalue weighted by Gasteiger charge is -2.23. The molecule has 4 aromatic rings. The molecule has 7 nitrogen and oxygen atoms in total. The fourth-order valence-corrected chi connectivity index (χ4v) is 3.98. The topological polar surface area (TPSA) is 87.2 Å². The SMILES string of the molecule is O=C(Nc1ccc(C(=O)N2Cc3cccnc3Nc3ccccc32)c(Cl)c1)c1cccnc1F. The van der Waals surface area contributed by atoms with Crippen LogP contribution in [0.15, 0.2) is 79.1 Å². The van der Waals surface area contributed by atoms with Gasteiger partial charge in [0.25, 0.3) is 11.8 Å². The standard InChI is InChI=1S/C25H17ClFN5O2/c26-19-13-16(30-24(33)18-6-4-11-28-22(18)27)9-10-17(19)25(34)32-14-15-5-3-12-29-23(15)31-20-7-1-2-8-21(20)32/h1-13H,14H2,(H,29,31)(H,30,33). The average molecular weight is 474 g/mol. The molecule has 2 amide bonds. The van der Waals surface area contributed by atoms with Crippen molar-refractivity contribution in [1.29, 1.82) is 0 Å². The molecule has 3 heterocycles. The molecule has 168 valence electrons. The number of hydrogen-bond donors (Lipinski definition) is 2. The first kappa shape index (κ1) is 21.5. The second-order valence-electron chi connectivity index (χ2n) is 7.54. The van der Waals surface area contributed by atoms with Crippen LogP contribution in [0.1, 0.15) is 26.3 Å². The maximum Gasteiger partial charge on any atom is 0.260 e. The molecule has 1 aliphatic heterocycles. The van der Waals surface area contributed by atoms with Crippen LogP contribution in [0.3, 0.4) is 0 Å². The maximum absolute atomic E-state index is 13.8. The zero-order valence-electron chi connectivity index (χ0n) is 17.6. The number of benzene rings is 2. The number of para-hydroxylation sites is 2. The van der Waals surface area contributed by atoms with Crippen molar-refractivity contribution in [2.24, 2.45) is 0 Å². The number of nitrogens with zero attached hydrogens (tertiary/aromatic N) is 3. The summed E-state index contributed by atoms with van der Waals surface area (Å²) in [5.74, 6) is -1.18. The first-order valence-electron chi connectivity index (χ1n) is 10.3. The van der Waals surface area contributed by atoms with E-state index < -0.39 is 11.9 Å². The molecule has 2 aromatic carbocycles. The van der Waals surface area contributed by atoms with Gasteiger partial charge in [-0.2, -0.15) is 4.39 Å². The maximum atomic E-state index is 13.8. The Labute approximate surface area is 199 Å². The zero-order chi connectivity index (χ0) is 23.7. The van der Waals surface area contributed by atoms with Gasteiger partial charge in [-0.05, 0) is 48.5 Å². The molecule has 1 aliphatic rings. The first-order chi connectivity index (χ1) is 16.5. The van der Waals surface area contributed by atoms with Crippen molar-refractivity contribution in [2.75, 3.05) is 15.5 Å². The minimum atomic E-state index is -0.874. The quantitative estimate of drug-likeness (QED) is 0.388. The Balaban J connectivity index is 1.45. The van der Waals surface area contributed by atoms with Crippen molar-refractivity contribution in [1.82, 2.24) is 9.97 Å². The van der Waals surface area contributed by atoms with Gasteiger partial charge < -0.3 is 15.5 Å². The highest BCUT2D eigenvalue weighted by atomic mass is 35.5. The summed E-state index contributed by atoms with van der Waals surface area (Å²) in [4.78, 5) is 35.5. The van der Waals surface area contributed by atoms with Gasteiger partial charge in [0.2, 0.25) is 5.95 Å². The highest BCUT2D eigenvalue weighted by Gasteiger charge is 2.26. The predicted molar refractivity (Wildman–Crippen MR) is 128 cm³/mol. The van der Waals surface area contributed by atoms with Crippen molar-refractivity contribution in [3.63, 3.8) is 0 Å². The van der Waals surface area contributed by atoms with Gasteiger partial charge in [-0.3, -0.25) is 9.59 Å². The number of anilines is 4. The van der Waals surface area contributed by atoms with Crippen LogP contribution >= 0.6 is 11.6 Å². The third-order valence-corrected chi connectivity index (χ3v) is 5.69. The minimum Gasteiger partial charge on any atom is -0.338 e. The van der Waals surface area contributed by atoms with E-state index in [0.717, 1.165) is 11.3 Å². The van der Waals surface area contributed by atoms with Crippen LogP contribution in [0.5, 0.6) is 0 Å². The van der Waals surface area contributed by atoms with Gasteiger partial charge in [-0.15, -0.1) is 0 Å². The van der Waals surface area contributed by atoms with Gasteiger partial charge in [-0.25, -0.2) is 9.97 Å². The summed E-state index contributed by atoms with van der Waals surface area (Å²) in [5, 5.41) is 6.01. The predicted octanol–water partition coefficient (Wildman–Crippen LogP) is 5.43. The van der Waals surface area contributed by atoms with Crippen LogP contribution in [-0.4, -0.2) is 21.8 Å². The van der Waals surface area contributed by atoms with Gasteiger partial charge in [-0.1, -0.05) is 29.8 Å². The largest absolute Gasteiger partial charge is 0.338 e. The van der Waals surface area contributed by atoms with Gasteiger partial charge >= 0.3 is 0 Å². The third kappa shape index (κ3) is 4.06. The van der Waals surface area contributed by atoms with E-state index in [9.17, 15) is 14.0 Å². The molecule has 0 bridgehead atoms. The Morgan fingerprint density at radius 1 is 0.971 bits per heavy atom. The summed E-state index contributed by atoms with van der Waals surface area (Å²) in [6.45, 7) is 0.293. The third-order valence-electron chi connectivity index (χ3n) is 5.37. The molecule has 0 saturated heterocycles. The Bertz CT molecular complexity index is 1430. The van der Waals surface area contributed by atoms with Crippen LogP contribution in [0.4, 0.5) is 27.3 Å². The van der Waals surface area contributed by atoms with Crippen LogP contribution in [0.25, 0.3) is 0 Å². The molecule has 2 aromatic heterocycles. The number of pyridine rings is 2. The summed E-state index contributed by atoms with van der Waals surface area (Å²) in [6.07, 6.45) is 2.95. The van der Waals surface area contributed by atoms with Crippen molar-refractivity contribution in [3.05, 3.63) is 107 Å². The molecule has 0 fully saturated rings. The number of carbonyl (C=O) groups excluding carboxylic acids is 2. The van der Waals surface area contributed by atoms with Crippen LogP contribution in [0, 0.1) is 5.95 Å². The first-order valence-corrected chi connectivity index (χ1v) is 10.7. The van der Waals surface area contributed by atoms with Crippen molar-refractivity contribution < 1.29 is 14.0 Å². The molecule has 5 rings (SSSR count). The average Bonchev–Trinajstić information content (AvgIpc) is 3.01. The Hall–Kier alpha value is -4.30.